The van der Waals surface area contributed by atoms with Gasteiger partial charge < -0.3 is 14.5 Å². The number of rotatable bonds is 2. The Kier molecular flexibility index (Phi) is 3.64. The molecule has 0 bridgehead atoms. The molecule has 112 valence electrons. The van der Waals surface area contributed by atoms with Crippen molar-refractivity contribution in [2.24, 2.45) is 0 Å². The molecule has 0 atom stereocenters. The zero-order valence-corrected chi connectivity index (χ0v) is 12.3. The van der Waals surface area contributed by atoms with Crippen LogP contribution in [-0.4, -0.2) is 58.4 Å². The van der Waals surface area contributed by atoms with Crippen LogP contribution < -0.4 is 4.90 Å². The van der Waals surface area contributed by atoms with Gasteiger partial charge in [-0.2, -0.15) is 9.61 Å². The molecule has 3 rings (SSSR count). The van der Waals surface area contributed by atoms with Crippen molar-refractivity contribution in [2.45, 2.75) is 13.8 Å². The highest BCUT2D eigenvalue weighted by Crippen LogP contribution is 2.18. The fourth-order valence-electron chi connectivity index (χ4n) is 2.58. The number of carbonyl (C=O) groups excluding carboxylic acids is 1. The molecule has 2 aromatic heterocycles. The van der Waals surface area contributed by atoms with E-state index < -0.39 is 0 Å². The molecule has 1 saturated heterocycles. The SMILES string of the molecule is CCOC(=O)N1CCN(c2cc(C)nc3ccnn23)CC1. The van der Waals surface area contributed by atoms with Crippen LogP contribution in [0.2, 0.25) is 0 Å². The Hall–Kier alpha value is -2.31. The number of aromatic nitrogens is 3. The number of anilines is 1. The summed E-state index contributed by atoms with van der Waals surface area (Å²) >= 11 is 0. The fraction of sp³-hybridized carbons (Fsp3) is 0.500. The van der Waals surface area contributed by atoms with E-state index in [1.54, 1.807) is 11.1 Å². The Bertz CT molecular complexity index is 646. The second kappa shape index (κ2) is 5.59. The molecule has 7 heteroatoms. The lowest BCUT2D eigenvalue weighted by molar-refractivity contribution is 0.105. The summed E-state index contributed by atoms with van der Waals surface area (Å²) in [6, 6.07) is 3.92. The van der Waals surface area contributed by atoms with E-state index in [-0.39, 0.29) is 6.09 Å². The lowest BCUT2D eigenvalue weighted by atomic mass is 10.3. The Balaban J connectivity index is 1.77. The molecule has 1 aliphatic rings. The Morgan fingerprint density at radius 2 is 2.10 bits per heavy atom. The monoisotopic (exact) mass is 289 g/mol. The molecule has 0 spiro atoms. The van der Waals surface area contributed by atoms with Crippen molar-refractivity contribution in [1.29, 1.82) is 0 Å². The molecule has 0 N–H and O–H groups in total. The first-order valence-corrected chi connectivity index (χ1v) is 7.17. The van der Waals surface area contributed by atoms with Gasteiger partial charge in [-0.3, -0.25) is 0 Å². The third-order valence-electron chi connectivity index (χ3n) is 3.60. The van der Waals surface area contributed by atoms with Crippen LogP contribution in [0.25, 0.3) is 5.65 Å². The van der Waals surface area contributed by atoms with Gasteiger partial charge in [0.1, 0.15) is 5.82 Å². The predicted molar refractivity (Wildman–Crippen MR) is 78.5 cm³/mol. The molecule has 0 aromatic carbocycles. The van der Waals surface area contributed by atoms with Gasteiger partial charge in [0.25, 0.3) is 0 Å². The molecule has 1 amide bonds. The van der Waals surface area contributed by atoms with Gasteiger partial charge in [-0.05, 0) is 13.8 Å². The average Bonchev–Trinajstić information content (AvgIpc) is 2.95. The van der Waals surface area contributed by atoms with Gasteiger partial charge in [-0.15, -0.1) is 0 Å². The average molecular weight is 289 g/mol. The van der Waals surface area contributed by atoms with Gasteiger partial charge in [0, 0.05) is 44.0 Å². The lowest BCUT2D eigenvalue weighted by Crippen LogP contribution is -2.49. The number of nitrogens with zero attached hydrogens (tertiary/aromatic N) is 5. The number of amides is 1. The van der Waals surface area contributed by atoms with Crippen molar-refractivity contribution in [3.63, 3.8) is 0 Å². The minimum Gasteiger partial charge on any atom is -0.450 e. The van der Waals surface area contributed by atoms with E-state index in [4.69, 9.17) is 4.74 Å². The van der Waals surface area contributed by atoms with E-state index >= 15 is 0 Å². The largest absolute Gasteiger partial charge is 0.450 e. The van der Waals surface area contributed by atoms with E-state index in [0.29, 0.717) is 19.7 Å². The molecule has 21 heavy (non-hydrogen) atoms. The smallest absolute Gasteiger partial charge is 0.409 e. The highest BCUT2D eigenvalue weighted by molar-refractivity contribution is 5.68. The molecule has 7 nitrogen and oxygen atoms in total. The first-order chi connectivity index (χ1) is 10.2. The van der Waals surface area contributed by atoms with Crippen molar-refractivity contribution < 1.29 is 9.53 Å². The Labute approximate surface area is 123 Å². The summed E-state index contributed by atoms with van der Waals surface area (Å²) in [4.78, 5) is 20.1. The van der Waals surface area contributed by atoms with Gasteiger partial charge >= 0.3 is 6.09 Å². The highest BCUT2D eigenvalue weighted by atomic mass is 16.6. The normalized spacial score (nSPS) is 15.5. The quantitative estimate of drug-likeness (QED) is 0.834. The number of carbonyl (C=O) groups is 1. The third kappa shape index (κ3) is 2.63. The highest BCUT2D eigenvalue weighted by Gasteiger charge is 2.23. The van der Waals surface area contributed by atoms with Crippen LogP contribution in [0.15, 0.2) is 18.3 Å². The minimum atomic E-state index is -0.229. The number of hydrogen-bond donors (Lipinski definition) is 0. The summed E-state index contributed by atoms with van der Waals surface area (Å²) in [7, 11) is 0. The fourth-order valence-corrected chi connectivity index (χ4v) is 2.58. The summed E-state index contributed by atoms with van der Waals surface area (Å²) in [5, 5.41) is 4.33. The predicted octanol–water partition coefficient (Wildman–Crippen LogP) is 1.32. The van der Waals surface area contributed by atoms with Crippen molar-refractivity contribution in [3.8, 4) is 0 Å². The van der Waals surface area contributed by atoms with Crippen molar-refractivity contribution in [1.82, 2.24) is 19.5 Å². The zero-order valence-electron chi connectivity index (χ0n) is 12.3. The molecule has 0 unspecified atom stereocenters. The summed E-state index contributed by atoms with van der Waals surface area (Å²) in [5.74, 6) is 1.02. The Morgan fingerprint density at radius 1 is 1.33 bits per heavy atom. The van der Waals surface area contributed by atoms with Crippen molar-refractivity contribution in [3.05, 3.63) is 24.0 Å². The molecule has 0 saturated carbocycles. The summed E-state index contributed by atoms with van der Waals surface area (Å²) in [6.07, 6.45) is 1.52. The number of ether oxygens (including phenoxy) is 1. The standard InChI is InChI=1S/C14H19N5O2/c1-3-21-14(20)18-8-6-17(7-9-18)13-10-11(2)16-12-4-5-15-19(12)13/h4-5,10H,3,6-9H2,1-2H3. The van der Waals surface area contributed by atoms with E-state index in [1.807, 2.05) is 30.5 Å². The first kappa shape index (κ1) is 13.7. The number of fused-ring (bicyclic) bond motifs is 1. The van der Waals surface area contributed by atoms with Crippen LogP contribution in [0.1, 0.15) is 12.6 Å². The van der Waals surface area contributed by atoms with E-state index in [2.05, 4.69) is 15.0 Å². The lowest BCUT2D eigenvalue weighted by Gasteiger charge is -2.35. The van der Waals surface area contributed by atoms with Gasteiger partial charge in [0.15, 0.2) is 5.65 Å². The summed E-state index contributed by atoms with van der Waals surface area (Å²) in [5.41, 5.74) is 1.81. The van der Waals surface area contributed by atoms with E-state index in [1.165, 1.54) is 0 Å². The summed E-state index contributed by atoms with van der Waals surface area (Å²) < 4.78 is 6.88. The van der Waals surface area contributed by atoms with Gasteiger partial charge in [-0.1, -0.05) is 0 Å². The van der Waals surface area contributed by atoms with Gasteiger partial charge in [0.2, 0.25) is 0 Å². The molecule has 0 aliphatic carbocycles. The molecule has 1 fully saturated rings. The molecule has 2 aromatic rings. The van der Waals surface area contributed by atoms with Crippen molar-refractivity contribution in [2.75, 3.05) is 37.7 Å². The molecular weight excluding hydrogens is 270 g/mol. The second-order valence-electron chi connectivity index (χ2n) is 5.03. The maximum absolute atomic E-state index is 11.7. The van der Waals surface area contributed by atoms with Crippen LogP contribution in [0.3, 0.4) is 0 Å². The van der Waals surface area contributed by atoms with Crippen LogP contribution in [0, 0.1) is 6.92 Å². The van der Waals surface area contributed by atoms with E-state index in [9.17, 15) is 4.79 Å². The summed E-state index contributed by atoms with van der Waals surface area (Å²) in [6.45, 7) is 7.05. The molecular formula is C14H19N5O2. The molecule has 1 aliphatic heterocycles. The number of hydrogen-bond acceptors (Lipinski definition) is 5. The van der Waals surface area contributed by atoms with Crippen LogP contribution in [0.5, 0.6) is 0 Å². The van der Waals surface area contributed by atoms with Crippen LogP contribution in [0.4, 0.5) is 10.6 Å². The topological polar surface area (TPSA) is 63.0 Å². The van der Waals surface area contributed by atoms with Gasteiger partial charge in [0.05, 0.1) is 12.8 Å². The minimum absolute atomic E-state index is 0.229. The van der Waals surface area contributed by atoms with E-state index in [0.717, 1.165) is 30.2 Å². The van der Waals surface area contributed by atoms with Gasteiger partial charge in [-0.25, -0.2) is 9.78 Å². The van der Waals surface area contributed by atoms with Crippen molar-refractivity contribution >= 4 is 17.6 Å². The van der Waals surface area contributed by atoms with Crippen LogP contribution >= 0.6 is 0 Å². The number of aryl methyl sites for hydroxylation is 1. The second-order valence-corrected chi connectivity index (χ2v) is 5.03. The molecule has 3 heterocycles. The first-order valence-electron chi connectivity index (χ1n) is 7.17. The Morgan fingerprint density at radius 3 is 2.81 bits per heavy atom. The zero-order chi connectivity index (χ0) is 14.8. The number of piperazine rings is 1. The third-order valence-corrected chi connectivity index (χ3v) is 3.60. The van der Waals surface area contributed by atoms with Crippen LogP contribution in [-0.2, 0) is 4.74 Å². The maximum atomic E-state index is 11.7. The maximum Gasteiger partial charge on any atom is 0.409 e. The molecule has 0 radical (unpaired) electrons.